The molecule has 0 amide bonds. The van der Waals surface area contributed by atoms with Crippen molar-refractivity contribution in [2.75, 3.05) is 33.3 Å². The highest BCUT2D eigenvalue weighted by Crippen LogP contribution is 2.22. The van der Waals surface area contributed by atoms with Crippen LogP contribution < -0.4 is 0 Å². The van der Waals surface area contributed by atoms with Crippen LogP contribution in [0.1, 0.15) is 26.7 Å². The molecule has 1 N–H and O–H groups in total. The normalized spacial score (nSPS) is 20.1. The van der Waals surface area contributed by atoms with Crippen molar-refractivity contribution in [3.8, 4) is 0 Å². The Bertz CT molecular complexity index is 416. The lowest BCUT2D eigenvalue weighted by Crippen LogP contribution is -2.48. The Labute approximate surface area is 120 Å². The van der Waals surface area contributed by atoms with E-state index in [1.807, 2.05) is 0 Å². The zero-order valence-corrected chi connectivity index (χ0v) is 13.1. The Morgan fingerprint density at radius 3 is 2.45 bits per heavy atom. The lowest BCUT2D eigenvalue weighted by atomic mass is 9.98. The monoisotopic (exact) mass is 308 g/mol. The Hall–Kier alpha value is -0.700. The van der Waals surface area contributed by atoms with Gasteiger partial charge in [0, 0.05) is 26.7 Å². The fourth-order valence-corrected chi connectivity index (χ4v) is 3.72. The van der Waals surface area contributed by atoms with Gasteiger partial charge in [0.15, 0.2) is 0 Å². The second kappa shape index (κ2) is 7.35. The van der Waals surface area contributed by atoms with Crippen LogP contribution in [-0.2, 0) is 19.7 Å². The first-order chi connectivity index (χ1) is 9.28. The van der Waals surface area contributed by atoms with Gasteiger partial charge in [0.25, 0.3) is 10.2 Å². The number of esters is 1. The van der Waals surface area contributed by atoms with Gasteiger partial charge in [0.05, 0.1) is 18.6 Å². The molecule has 1 rings (SSSR count). The SMILES string of the molecule is CCOC(=O)C1CCN(S(=O)(=O)N(C)CC(C)O)CC1. The Kier molecular flexibility index (Phi) is 6.38. The highest BCUT2D eigenvalue weighted by Gasteiger charge is 2.34. The van der Waals surface area contributed by atoms with Crippen molar-refractivity contribution in [1.29, 1.82) is 0 Å². The molecule has 0 aromatic heterocycles. The molecular formula is C12H24N2O5S. The van der Waals surface area contributed by atoms with Crippen molar-refractivity contribution in [3.63, 3.8) is 0 Å². The Balaban J connectivity index is 2.58. The van der Waals surface area contributed by atoms with Crippen LogP contribution >= 0.6 is 0 Å². The number of nitrogens with zero attached hydrogens (tertiary/aromatic N) is 2. The third-order valence-corrected chi connectivity index (χ3v) is 5.27. The van der Waals surface area contributed by atoms with E-state index in [1.165, 1.54) is 11.4 Å². The van der Waals surface area contributed by atoms with Gasteiger partial charge < -0.3 is 9.84 Å². The minimum atomic E-state index is -3.56. The first-order valence-electron chi connectivity index (χ1n) is 6.85. The van der Waals surface area contributed by atoms with Crippen molar-refractivity contribution >= 4 is 16.2 Å². The fourth-order valence-electron chi connectivity index (χ4n) is 2.25. The number of carbonyl (C=O) groups excluding carboxylic acids is 1. The molecule has 1 aliphatic heterocycles. The summed E-state index contributed by atoms with van der Waals surface area (Å²) in [6, 6.07) is 0. The predicted octanol–water partition coefficient (Wildman–Crippen LogP) is -0.181. The summed E-state index contributed by atoms with van der Waals surface area (Å²) in [5, 5.41) is 9.27. The maximum Gasteiger partial charge on any atom is 0.309 e. The van der Waals surface area contributed by atoms with Crippen molar-refractivity contribution < 1.29 is 23.1 Å². The van der Waals surface area contributed by atoms with Crippen molar-refractivity contribution in [1.82, 2.24) is 8.61 Å². The number of hydrogen-bond acceptors (Lipinski definition) is 5. The highest BCUT2D eigenvalue weighted by molar-refractivity contribution is 7.86. The van der Waals surface area contributed by atoms with Gasteiger partial charge in [0.1, 0.15) is 0 Å². The van der Waals surface area contributed by atoms with E-state index in [9.17, 15) is 18.3 Å². The van der Waals surface area contributed by atoms with Crippen LogP contribution in [0.15, 0.2) is 0 Å². The molecular weight excluding hydrogens is 284 g/mol. The van der Waals surface area contributed by atoms with Gasteiger partial charge >= 0.3 is 5.97 Å². The summed E-state index contributed by atoms with van der Waals surface area (Å²) in [4.78, 5) is 11.6. The highest BCUT2D eigenvalue weighted by atomic mass is 32.2. The number of aliphatic hydroxyl groups excluding tert-OH is 1. The number of likely N-dealkylation sites (N-methyl/N-ethyl adjacent to an activating group) is 1. The van der Waals surface area contributed by atoms with Gasteiger partial charge in [0.2, 0.25) is 0 Å². The number of piperidine rings is 1. The fraction of sp³-hybridized carbons (Fsp3) is 0.917. The van der Waals surface area contributed by atoms with E-state index >= 15 is 0 Å². The van der Waals surface area contributed by atoms with Crippen LogP contribution in [0.4, 0.5) is 0 Å². The molecule has 1 heterocycles. The summed E-state index contributed by atoms with van der Waals surface area (Å²) < 4.78 is 31.9. The molecule has 0 bridgehead atoms. The summed E-state index contributed by atoms with van der Waals surface area (Å²) in [5.41, 5.74) is 0. The van der Waals surface area contributed by atoms with Crippen molar-refractivity contribution in [2.45, 2.75) is 32.8 Å². The zero-order valence-electron chi connectivity index (χ0n) is 12.3. The van der Waals surface area contributed by atoms with Crippen LogP contribution in [0.5, 0.6) is 0 Å². The molecule has 0 radical (unpaired) electrons. The molecule has 1 aliphatic rings. The summed E-state index contributed by atoms with van der Waals surface area (Å²) in [5.74, 6) is -0.467. The standard InChI is InChI=1S/C12H24N2O5S/c1-4-19-12(16)11-5-7-14(8-6-11)20(17,18)13(3)9-10(2)15/h10-11,15H,4-9H2,1-3H3. The molecule has 20 heavy (non-hydrogen) atoms. The molecule has 1 unspecified atom stereocenters. The van der Waals surface area contributed by atoms with E-state index in [2.05, 4.69) is 0 Å². The lowest BCUT2D eigenvalue weighted by molar-refractivity contribution is -0.149. The van der Waals surface area contributed by atoms with Gasteiger partial charge in [-0.3, -0.25) is 4.79 Å². The van der Waals surface area contributed by atoms with Gasteiger partial charge in [-0.25, -0.2) is 0 Å². The average molecular weight is 308 g/mol. The van der Waals surface area contributed by atoms with Gasteiger partial charge in [-0.05, 0) is 26.7 Å². The third kappa shape index (κ3) is 4.41. The molecule has 8 heteroatoms. The van der Waals surface area contributed by atoms with E-state index in [4.69, 9.17) is 4.74 Å². The molecule has 1 saturated heterocycles. The maximum atomic E-state index is 12.2. The molecule has 0 aliphatic carbocycles. The Morgan fingerprint density at radius 2 is 2.00 bits per heavy atom. The summed E-state index contributed by atoms with van der Waals surface area (Å²) in [7, 11) is -2.12. The van der Waals surface area contributed by atoms with Crippen LogP contribution in [-0.4, -0.2) is 67.5 Å². The van der Waals surface area contributed by atoms with Crippen molar-refractivity contribution in [2.24, 2.45) is 5.92 Å². The zero-order chi connectivity index (χ0) is 15.3. The Morgan fingerprint density at radius 1 is 1.45 bits per heavy atom. The molecule has 0 spiro atoms. The second-order valence-corrected chi connectivity index (χ2v) is 7.10. The number of ether oxygens (including phenoxy) is 1. The first-order valence-corrected chi connectivity index (χ1v) is 8.24. The van der Waals surface area contributed by atoms with E-state index in [0.29, 0.717) is 32.5 Å². The molecule has 1 fully saturated rings. The minimum absolute atomic E-state index is 0.0557. The van der Waals surface area contributed by atoms with E-state index in [1.54, 1.807) is 13.8 Å². The first kappa shape index (κ1) is 17.4. The van der Waals surface area contributed by atoms with Crippen molar-refractivity contribution in [3.05, 3.63) is 0 Å². The van der Waals surface area contributed by atoms with E-state index in [0.717, 1.165) is 4.31 Å². The number of hydrogen-bond donors (Lipinski definition) is 1. The van der Waals surface area contributed by atoms with E-state index < -0.39 is 16.3 Å². The van der Waals surface area contributed by atoms with Crippen LogP contribution in [0.25, 0.3) is 0 Å². The van der Waals surface area contributed by atoms with Crippen LogP contribution in [0, 0.1) is 5.92 Å². The lowest BCUT2D eigenvalue weighted by Gasteiger charge is -2.33. The predicted molar refractivity (Wildman–Crippen MR) is 74.2 cm³/mol. The topological polar surface area (TPSA) is 87.2 Å². The number of carbonyl (C=O) groups is 1. The van der Waals surface area contributed by atoms with E-state index in [-0.39, 0.29) is 18.4 Å². The molecule has 0 saturated carbocycles. The molecule has 7 nitrogen and oxygen atoms in total. The molecule has 0 aromatic carbocycles. The van der Waals surface area contributed by atoms with Crippen LogP contribution in [0.3, 0.4) is 0 Å². The van der Waals surface area contributed by atoms with Gasteiger partial charge in [-0.1, -0.05) is 0 Å². The molecule has 1 atom stereocenters. The average Bonchev–Trinajstić information content (AvgIpc) is 2.38. The number of rotatable bonds is 6. The summed E-state index contributed by atoms with van der Waals surface area (Å²) in [6.45, 7) is 4.29. The van der Waals surface area contributed by atoms with Gasteiger partial charge in [-0.15, -0.1) is 0 Å². The van der Waals surface area contributed by atoms with Crippen LogP contribution in [0.2, 0.25) is 0 Å². The quantitative estimate of drug-likeness (QED) is 0.688. The second-order valence-electron chi connectivity index (χ2n) is 5.06. The number of aliphatic hydroxyl groups is 1. The van der Waals surface area contributed by atoms with Gasteiger partial charge in [-0.2, -0.15) is 17.0 Å². The largest absolute Gasteiger partial charge is 0.466 e. The summed E-state index contributed by atoms with van der Waals surface area (Å²) >= 11 is 0. The molecule has 0 aromatic rings. The maximum absolute atomic E-state index is 12.2. The molecule has 118 valence electrons. The summed E-state index contributed by atoms with van der Waals surface area (Å²) in [6.07, 6.45) is 0.230. The smallest absolute Gasteiger partial charge is 0.309 e. The third-order valence-electron chi connectivity index (χ3n) is 3.32. The minimum Gasteiger partial charge on any atom is -0.466 e.